The molecule has 4 aromatic carbocycles. The second-order valence-electron chi connectivity index (χ2n) is 9.79. The van der Waals surface area contributed by atoms with Gasteiger partial charge in [-0.05, 0) is 100 Å². The fourth-order valence-corrected chi connectivity index (χ4v) is 6.76. The molecule has 2 amide bonds. The van der Waals surface area contributed by atoms with Crippen LogP contribution in [0.3, 0.4) is 0 Å². The van der Waals surface area contributed by atoms with E-state index < -0.39 is 17.4 Å². The molecule has 0 aliphatic carbocycles. The summed E-state index contributed by atoms with van der Waals surface area (Å²) in [6, 6.07) is 25.0. The monoisotopic (exact) mass is 684 g/mol. The molecule has 2 heterocycles. The summed E-state index contributed by atoms with van der Waals surface area (Å²) >= 11 is 15.0. The molecule has 202 valence electrons. The summed E-state index contributed by atoms with van der Waals surface area (Å²) in [5.74, 6) is 0.903. The number of halogens is 3. The molecule has 3 atom stereocenters. The lowest BCUT2D eigenvalue weighted by Crippen LogP contribution is -2.56. The number of benzene rings is 4. The predicted octanol–water partition coefficient (Wildman–Crippen LogP) is 7.63. The van der Waals surface area contributed by atoms with Crippen molar-refractivity contribution in [3.05, 3.63) is 115 Å². The quantitative estimate of drug-likeness (QED) is 0.212. The van der Waals surface area contributed by atoms with E-state index in [1.54, 1.807) is 25.3 Å². The predicted molar refractivity (Wildman–Crippen MR) is 164 cm³/mol. The maximum Gasteiger partial charge on any atom is 0.238 e. The van der Waals surface area contributed by atoms with Gasteiger partial charge in [0.1, 0.15) is 22.7 Å². The topological polar surface area (TPSA) is 76.7 Å². The van der Waals surface area contributed by atoms with Gasteiger partial charge in [0.2, 0.25) is 11.8 Å². The lowest BCUT2D eigenvalue weighted by atomic mass is 9.59. The number of carbonyl (C=O) groups is 2. The summed E-state index contributed by atoms with van der Waals surface area (Å²) in [5.41, 5.74) is 1.65. The average Bonchev–Trinajstić information content (AvgIpc) is 3.22. The molecule has 4 aromatic rings. The zero-order valence-electron chi connectivity index (χ0n) is 21.2. The van der Waals surface area contributed by atoms with Crippen LogP contribution in [0.1, 0.15) is 35.1 Å². The normalized spacial score (nSPS) is 21.5. The van der Waals surface area contributed by atoms with Gasteiger partial charge in [0.15, 0.2) is 0 Å². The Morgan fingerprint density at radius 1 is 0.900 bits per heavy atom. The number of ether oxygens (including phenoxy) is 2. The van der Waals surface area contributed by atoms with Crippen molar-refractivity contribution >= 4 is 63.3 Å². The van der Waals surface area contributed by atoms with E-state index in [1.165, 1.54) is 0 Å². The highest BCUT2D eigenvalue weighted by atomic mass is 127. The van der Waals surface area contributed by atoms with Gasteiger partial charge in [0, 0.05) is 37.2 Å². The summed E-state index contributed by atoms with van der Waals surface area (Å²) in [6.07, 6.45) is 0.102. The van der Waals surface area contributed by atoms with Crippen LogP contribution < -0.4 is 20.1 Å². The molecule has 1 spiro atoms. The average molecular weight is 685 g/mol. The van der Waals surface area contributed by atoms with Crippen LogP contribution in [0.2, 0.25) is 10.0 Å². The van der Waals surface area contributed by atoms with Gasteiger partial charge in [-0.15, -0.1) is 0 Å². The van der Waals surface area contributed by atoms with Crippen LogP contribution in [0, 0.1) is 3.57 Å². The smallest absolute Gasteiger partial charge is 0.238 e. The van der Waals surface area contributed by atoms with Crippen LogP contribution in [-0.2, 0) is 15.0 Å². The minimum atomic E-state index is -1.21. The molecule has 6 nitrogen and oxygen atoms in total. The third kappa shape index (κ3) is 4.60. The van der Waals surface area contributed by atoms with Crippen molar-refractivity contribution in [1.82, 2.24) is 5.32 Å². The molecule has 2 aliphatic rings. The van der Waals surface area contributed by atoms with Crippen LogP contribution in [0.5, 0.6) is 17.2 Å². The van der Waals surface area contributed by atoms with Crippen molar-refractivity contribution in [2.75, 3.05) is 12.4 Å². The van der Waals surface area contributed by atoms with Gasteiger partial charge in [-0.2, -0.15) is 0 Å². The number of methoxy groups -OCH3 is 1. The molecule has 9 heteroatoms. The lowest BCUT2D eigenvalue weighted by molar-refractivity contribution is -0.131. The highest BCUT2D eigenvalue weighted by Crippen LogP contribution is 2.58. The third-order valence-electron chi connectivity index (χ3n) is 7.57. The third-order valence-corrected chi connectivity index (χ3v) is 8.71. The molecule has 0 radical (unpaired) electrons. The number of hydrogen-bond acceptors (Lipinski definition) is 4. The molecule has 1 saturated heterocycles. The number of hydrogen-bond donors (Lipinski definition) is 2. The van der Waals surface area contributed by atoms with E-state index in [4.69, 9.17) is 32.7 Å². The van der Waals surface area contributed by atoms with Crippen LogP contribution in [0.4, 0.5) is 5.69 Å². The van der Waals surface area contributed by atoms with Gasteiger partial charge in [0.05, 0.1) is 13.2 Å². The highest BCUT2D eigenvalue weighted by Gasteiger charge is 2.61. The zero-order valence-corrected chi connectivity index (χ0v) is 24.9. The largest absolute Gasteiger partial charge is 0.497 e. The minimum Gasteiger partial charge on any atom is -0.497 e. The Hall–Kier alpha value is -3.27. The van der Waals surface area contributed by atoms with Crippen molar-refractivity contribution in [2.24, 2.45) is 0 Å². The fraction of sp³-hybridized carbons (Fsp3) is 0.161. The number of fused-ring (bicyclic) bond motifs is 2. The summed E-state index contributed by atoms with van der Waals surface area (Å²) in [6.45, 7) is 0. The van der Waals surface area contributed by atoms with Crippen LogP contribution in [0.15, 0.2) is 84.9 Å². The summed E-state index contributed by atoms with van der Waals surface area (Å²) in [5, 5.41) is 7.26. The maximum absolute atomic E-state index is 14.3. The Bertz CT molecular complexity index is 1650. The number of rotatable bonds is 5. The van der Waals surface area contributed by atoms with E-state index in [1.807, 2.05) is 66.7 Å². The molecular weight excluding hydrogens is 662 g/mol. The number of carbonyl (C=O) groups excluding carboxylic acids is 2. The van der Waals surface area contributed by atoms with Crippen molar-refractivity contribution in [1.29, 1.82) is 0 Å². The van der Waals surface area contributed by atoms with E-state index in [-0.39, 0.29) is 18.2 Å². The highest BCUT2D eigenvalue weighted by molar-refractivity contribution is 14.1. The second kappa shape index (κ2) is 10.6. The van der Waals surface area contributed by atoms with E-state index in [0.29, 0.717) is 38.5 Å². The standard InChI is InChI=1S/C31H23Cl2IN2O4/c1-39-21-7-9-22(10-8-21)40-27-12-6-20(34)15-23(27)29-31(24-11-5-19(33)14-26(24)35-30(31)38)25(16-28(37)36-29)17-3-2-4-18(32)13-17/h2-15,25,29H,16H2,1H3,(H,35,38)(H,36,37)/t25-,29+,31-/m0/s1. The zero-order chi connectivity index (χ0) is 28.0. The van der Waals surface area contributed by atoms with E-state index in [0.717, 1.165) is 14.7 Å². The van der Waals surface area contributed by atoms with Gasteiger partial charge in [0.25, 0.3) is 0 Å². The van der Waals surface area contributed by atoms with E-state index in [9.17, 15) is 9.59 Å². The Labute approximate surface area is 255 Å². The van der Waals surface area contributed by atoms with Crippen LogP contribution in [-0.4, -0.2) is 18.9 Å². The second-order valence-corrected chi connectivity index (χ2v) is 11.9. The van der Waals surface area contributed by atoms with Crippen LogP contribution >= 0.6 is 45.8 Å². The first-order valence-electron chi connectivity index (χ1n) is 12.6. The molecule has 2 aliphatic heterocycles. The van der Waals surface area contributed by atoms with Gasteiger partial charge in [-0.25, -0.2) is 0 Å². The molecule has 40 heavy (non-hydrogen) atoms. The fourth-order valence-electron chi connectivity index (χ4n) is 5.88. The van der Waals surface area contributed by atoms with E-state index in [2.05, 4.69) is 33.2 Å². The molecule has 1 fully saturated rings. The molecule has 0 unspecified atom stereocenters. The number of anilines is 1. The first-order chi connectivity index (χ1) is 19.3. The minimum absolute atomic E-state index is 0.102. The van der Waals surface area contributed by atoms with E-state index >= 15 is 0 Å². The Kier molecular flexibility index (Phi) is 7.14. The first kappa shape index (κ1) is 26.9. The first-order valence-corrected chi connectivity index (χ1v) is 14.4. The van der Waals surface area contributed by atoms with Crippen molar-refractivity contribution in [2.45, 2.75) is 23.8 Å². The number of amides is 2. The Morgan fingerprint density at radius 3 is 2.40 bits per heavy atom. The molecule has 2 N–H and O–H groups in total. The van der Waals surface area contributed by atoms with Gasteiger partial charge in [-0.1, -0.05) is 41.4 Å². The SMILES string of the molecule is COc1ccc(Oc2ccc(I)cc2[C@H]2NC(=O)C[C@@H](c3cccc(Cl)c3)[C@]23C(=O)Nc2cc(Cl)ccc23)cc1. The molecular formula is C31H23Cl2IN2O4. The maximum atomic E-state index is 14.3. The number of nitrogens with one attached hydrogen (secondary N) is 2. The molecule has 6 rings (SSSR count). The van der Waals surface area contributed by atoms with Crippen molar-refractivity contribution in [3.63, 3.8) is 0 Å². The summed E-state index contributed by atoms with van der Waals surface area (Å²) in [4.78, 5) is 27.7. The summed E-state index contributed by atoms with van der Waals surface area (Å²) < 4.78 is 12.6. The lowest BCUT2D eigenvalue weighted by Gasteiger charge is -2.46. The number of piperidine rings is 1. The van der Waals surface area contributed by atoms with Crippen molar-refractivity contribution in [3.8, 4) is 17.2 Å². The molecule has 0 saturated carbocycles. The molecule has 0 aromatic heterocycles. The Balaban J connectivity index is 1.58. The van der Waals surface area contributed by atoms with Gasteiger partial charge < -0.3 is 20.1 Å². The van der Waals surface area contributed by atoms with Gasteiger partial charge >= 0.3 is 0 Å². The summed E-state index contributed by atoms with van der Waals surface area (Å²) in [7, 11) is 1.60. The van der Waals surface area contributed by atoms with Crippen LogP contribution in [0.25, 0.3) is 0 Å². The Morgan fingerprint density at radius 2 is 1.65 bits per heavy atom. The van der Waals surface area contributed by atoms with Crippen molar-refractivity contribution < 1.29 is 19.1 Å². The molecule has 0 bridgehead atoms. The van der Waals surface area contributed by atoms with Gasteiger partial charge in [-0.3, -0.25) is 9.59 Å².